The van der Waals surface area contributed by atoms with Crippen molar-refractivity contribution in [3.8, 4) is 11.5 Å². The number of methoxy groups -OCH3 is 3. The number of nitrogens with zero attached hydrogens (tertiary/aromatic N) is 2. The van der Waals surface area contributed by atoms with E-state index in [0.29, 0.717) is 32.8 Å². The van der Waals surface area contributed by atoms with Crippen LogP contribution >= 0.6 is 0 Å². The Hall–Kier alpha value is -2.12. The minimum Gasteiger partial charge on any atom is -0.497 e. The monoisotopic (exact) mass is 348 g/mol. The highest BCUT2D eigenvalue weighted by Gasteiger charge is 2.51. The third-order valence-electron chi connectivity index (χ3n) is 4.97. The maximum absolute atomic E-state index is 12.5. The van der Waals surface area contributed by atoms with Gasteiger partial charge in [-0.25, -0.2) is 0 Å². The van der Waals surface area contributed by atoms with Gasteiger partial charge in [-0.3, -0.25) is 19.4 Å². The van der Waals surface area contributed by atoms with Gasteiger partial charge in [0.1, 0.15) is 11.5 Å². The van der Waals surface area contributed by atoms with Gasteiger partial charge in [0.2, 0.25) is 11.8 Å². The summed E-state index contributed by atoms with van der Waals surface area (Å²) in [7, 11) is 4.80. The molecule has 0 N–H and O–H groups in total. The van der Waals surface area contributed by atoms with Crippen LogP contribution in [-0.2, 0) is 20.9 Å². The van der Waals surface area contributed by atoms with Crippen LogP contribution < -0.4 is 9.47 Å². The van der Waals surface area contributed by atoms with E-state index in [1.165, 1.54) is 4.90 Å². The fourth-order valence-electron chi connectivity index (χ4n) is 3.65. The molecule has 1 aromatic carbocycles. The molecular weight excluding hydrogens is 324 g/mol. The molecule has 0 saturated carbocycles. The standard InChI is InChI=1S/C18H24N2O5/c1-23-7-6-20-17(21)14-10-19(11-15(14)18(20)22)9-12-4-5-13(24-2)8-16(12)25-3/h4-5,8,14-15H,6-7,9-11H2,1-3H3/t14-,15+. The number of rotatable bonds is 7. The van der Waals surface area contributed by atoms with E-state index < -0.39 is 0 Å². The fraction of sp³-hybridized carbons (Fsp3) is 0.556. The molecule has 7 heteroatoms. The second kappa shape index (κ2) is 7.41. The van der Waals surface area contributed by atoms with Crippen molar-refractivity contribution < 1.29 is 23.8 Å². The first-order valence-corrected chi connectivity index (χ1v) is 8.36. The zero-order valence-corrected chi connectivity index (χ0v) is 14.9. The molecule has 7 nitrogen and oxygen atoms in total. The van der Waals surface area contributed by atoms with Crippen LogP contribution in [0.2, 0.25) is 0 Å². The molecule has 2 fully saturated rings. The Bertz CT molecular complexity index is 639. The lowest BCUT2D eigenvalue weighted by molar-refractivity contribution is -0.141. The Balaban J connectivity index is 1.67. The Labute approximate surface area is 147 Å². The number of carbonyl (C=O) groups is 2. The van der Waals surface area contributed by atoms with Crippen LogP contribution in [0, 0.1) is 11.8 Å². The SMILES string of the molecule is COCCN1C(=O)[C@H]2CN(Cc3ccc(OC)cc3OC)C[C@H]2C1=O. The molecule has 3 rings (SSSR count). The quantitative estimate of drug-likeness (QED) is 0.678. The summed E-state index contributed by atoms with van der Waals surface area (Å²) in [4.78, 5) is 28.5. The summed E-state index contributed by atoms with van der Waals surface area (Å²) < 4.78 is 15.6. The number of hydrogen-bond acceptors (Lipinski definition) is 6. The molecule has 0 bridgehead atoms. The fourth-order valence-corrected chi connectivity index (χ4v) is 3.65. The van der Waals surface area contributed by atoms with Gasteiger partial charge in [-0.05, 0) is 6.07 Å². The van der Waals surface area contributed by atoms with Gasteiger partial charge in [0, 0.05) is 38.4 Å². The van der Waals surface area contributed by atoms with E-state index in [1.807, 2.05) is 18.2 Å². The summed E-state index contributed by atoms with van der Waals surface area (Å²) in [6.07, 6.45) is 0. The molecule has 1 aromatic rings. The van der Waals surface area contributed by atoms with E-state index in [0.717, 1.165) is 17.1 Å². The number of benzene rings is 1. The highest BCUT2D eigenvalue weighted by atomic mass is 16.5. The zero-order chi connectivity index (χ0) is 18.0. The van der Waals surface area contributed by atoms with Crippen molar-refractivity contribution in [2.75, 3.05) is 47.6 Å². The Morgan fingerprint density at radius 3 is 2.28 bits per heavy atom. The number of hydrogen-bond donors (Lipinski definition) is 0. The van der Waals surface area contributed by atoms with Crippen molar-refractivity contribution in [1.82, 2.24) is 9.80 Å². The predicted octanol–water partition coefficient (Wildman–Crippen LogP) is 0.767. The normalized spacial score (nSPS) is 23.2. The Morgan fingerprint density at radius 2 is 1.72 bits per heavy atom. The van der Waals surface area contributed by atoms with Crippen molar-refractivity contribution in [1.29, 1.82) is 0 Å². The van der Waals surface area contributed by atoms with Crippen LogP contribution in [0.4, 0.5) is 0 Å². The molecule has 0 aromatic heterocycles. The molecule has 0 aliphatic carbocycles. The molecule has 0 spiro atoms. The summed E-state index contributed by atoms with van der Waals surface area (Å²) in [6, 6.07) is 5.69. The summed E-state index contributed by atoms with van der Waals surface area (Å²) in [6.45, 7) is 2.54. The van der Waals surface area contributed by atoms with Crippen molar-refractivity contribution in [2.24, 2.45) is 11.8 Å². The van der Waals surface area contributed by atoms with Gasteiger partial charge in [-0.2, -0.15) is 0 Å². The van der Waals surface area contributed by atoms with Gasteiger partial charge in [0.25, 0.3) is 0 Å². The van der Waals surface area contributed by atoms with Gasteiger partial charge < -0.3 is 14.2 Å². The molecule has 2 atom stereocenters. The summed E-state index contributed by atoms with van der Waals surface area (Å²) in [5.74, 6) is 0.850. The Morgan fingerprint density at radius 1 is 1.04 bits per heavy atom. The van der Waals surface area contributed by atoms with Crippen molar-refractivity contribution in [3.63, 3.8) is 0 Å². The van der Waals surface area contributed by atoms with Crippen molar-refractivity contribution in [3.05, 3.63) is 23.8 Å². The molecule has 0 unspecified atom stereocenters. The average Bonchev–Trinajstić information content (AvgIpc) is 3.13. The van der Waals surface area contributed by atoms with Gasteiger partial charge >= 0.3 is 0 Å². The summed E-state index contributed by atoms with van der Waals surface area (Å²) in [5.41, 5.74) is 1.01. The number of carbonyl (C=O) groups excluding carboxylic acids is 2. The van der Waals surface area contributed by atoms with Gasteiger partial charge in [0.05, 0.1) is 39.2 Å². The van der Waals surface area contributed by atoms with Crippen LogP contribution in [-0.4, -0.2) is 69.2 Å². The first-order valence-electron chi connectivity index (χ1n) is 8.36. The number of ether oxygens (including phenoxy) is 3. The molecule has 25 heavy (non-hydrogen) atoms. The zero-order valence-electron chi connectivity index (χ0n) is 14.9. The molecule has 2 aliphatic rings. The predicted molar refractivity (Wildman–Crippen MR) is 90.4 cm³/mol. The highest BCUT2D eigenvalue weighted by Crippen LogP contribution is 2.35. The number of likely N-dealkylation sites (tertiary alicyclic amines) is 2. The minimum atomic E-state index is -0.242. The number of imide groups is 1. The largest absolute Gasteiger partial charge is 0.497 e. The third-order valence-corrected chi connectivity index (χ3v) is 4.97. The van der Waals surface area contributed by atoms with Crippen LogP contribution in [0.1, 0.15) is 5.56 Å². The first kappa shape index (κ1) is 17.7. The Kier molecular flexibility index (Phi) is 5.24. The van der Waals surface area contributed by atoms with Gasteiger partial charge in [0.15, 0.2) is 0 Å². The lowest BCUT2D eigenvalue weighted by atomic mass is 10.00. The number of fused-ring (bicyclic) bond motifs is 1. The smallest absolute Gasteiger partial charge is 0.234 e. The van der Waals surface area contributed by atoms with E-state index in [1.54, 1.807) is 21.3 Å². The average molecular weight is 348 g/mol. The van der Waals surface area contributed by atoms with Gasteiger partial charge in [-0.15, -0.1) is 0 Å². The number of amides is 2. The van der Waals surface area contributed by atoms with E-state index in [2.05, 4.69) is 4.90 Å². The van der Waals surface area contributed by atoms with Crippen LogP contribution in [0.5, 0.6) is 11.5 Å². The topological polar surface area (TPSA) is 68.3 Å². The molecule has 2 amide bonds. The van der Waals surface area contributed by atoms with E-state index in [9.17, 15) is 9.59 Å². The summed E-state index contributed by atoms with van der Waals surface area (Å²) >= 11 is 0. The molecule has 2 aliphatic heterocycles. The lowest BCUT2D eigenvalue weighted by Crippen LogP contribution is -2.37. The van der Waals surface area contributed by atoms with Crippen molar-refractivity contribution in [2.45, 2.75) is 6.54 Å². The molecule has 0 radical (unpaired) electrons. The highest BCUT2D eigenvalue weighted by molar-refractivity contribution is 6.05. The first-order chi connectivity index (χ1) is 12.1. The molecule has 2 saturated heterocycles. The molecule has 136 valence electrons. The molecule has 2 heterocycles. The van der Waals surface area contributed by atoms with E-state index >= 15 is 0 Å². The van der Waals surface area contributed by atoms with Crippen LogP contribution in [0.3, 0.4) is 0 Å². The van der Waals surface area contributed by atoms with E-state index in [-0.39, 0.29) is 23.7 Å². The second-order valence-electron chi connectivity index (χ2n) is 6.41. The second-order valence-corrected chi connectivity index (χ2v) is 6.41. The molecular formula is C18H24N2O5. The third kappa shape index (κ3) is 3.34. The maximum Gasteiger partial charge on any atom is 0.234 e. The van der Waals surface area contributed by atoms with Crippen LogP contribution in [0.25, 0.3) is 0 Å². The van der Waals surface area contributed by atoms with Gasteiger partial charge in [-0.1, -0.05) is 6.07 Å². The van der Waals surface area contributed by atoms with E-state index in [4.69, 9.17) is 14.2 Å². The van der Waals surface area contributed by atoms with Crippen LogP contribution in [0.15, 0.2) is 18.2 Å². The maximum atomic E-state index is 12.5. The van der Waals surface area contributed by atoms with Crippen molar-refractivity contribution >= 4 is 11.8 Å². The lowest BCUT2D eigenvalue weighted by Gasteiger charge is -2.21. The summed E-state index contributed by atoms with van der Waals surface area (Å²) in [5, 5.41) is 0. The minimum absolute atomic E-state index is 0.0729.